The summed E-state index contributed by atoms with van der Waals surface area (Å²) in [6.45, 7) is 7.29. The minimum Gasteiger partial charge on any atom is -0.289 e. The third-order valence-electron chi connectivity index (χ3n) is 4.52. The average Bonchev–Trinajstić information content (AvgIpc) is 3.33. The maximum Gasteiger partial charge on any atom is 0.0326 e. The van der Waals surface area contributed by atoms with E-state index in [1.807, 2.05) is 0 Å². The van der Waals surface area contributed by atoms with Gasteiger partial charge in [0.2, 0.25) is 0 Å². The minimum atomic E-state index is 0.432. The molecule has 0 heterocycles. The molecule has 0 aromatic heterocycles. The molecule has 1 heteroatoms. The van der Waals surface area contributed by atoms with Crippen LogP contribution in [0, 0.1) is 5.92 Å². The van der Waals surface area contributed by atoms with Gasteiger partial charge in [0, 0.05) is 18.6 Å². The zero-order valence-electron chi connectivity index (χ0n) is 12.7. The lowest BCUT2D eigenvalue weighted by atomic mass is 10.1. The van der Waals surface area contributed by atoms with Gasteiger partial charge >= 0.3 is 0 Å². The molecule has 3 rings (SSSR count). The van der Waals surface area contributed by atoms with Crippen LogP contribution in [0.3, 0.4) is 0 Å². The number of rotatable bonds is 6. The third-order valence-corrected chi connectivity index (χ3v) is 4.52. The molecule has 1 nitrogen and oxygen atoms in total. The minimum absolute atomic E-state index is 0.432. The first-order valence-electron chi connectivity index (χ1n) is 7.76. The van der Waals surface area contributed by atoms with Gasteiger partial charge < -0.3 is 0 Å². The van der Waals surface area contributed by atoms with Crippen molar-refractivity contribution in [2.24, 2.45) is 5.92 Å². The summed E-state index contributed by atoms with van der Waals surface area (Å²) in [5.74, 6) is 0.653. The molecule has 0 radical (unpaired) electrons. The molecule has 1 aliphatic rings. The lowest BCUT2D eigenvalue weighted by Crippen LogP contribution is -2.29. The van der Waals surface area contributed by atoms with E-state index in [1.165, 1.54) is 17.5 Å². The van der Waals surface area contributed by atoms with Crippen molar-refractivity contribution in [1.29, 1.82) is 0 Å². The molecular weight excluding hydrogens is 254 g/mol. The van der Waals surface area contributed by atoms with Crippen molar-refractivity contribution < 1.29 is 0 Å². The molecule has 0 unspecified atom stereocenters. The van der Waals surface area contributed by atoms with Crippen molar-refractivity contribution in [3.05, 3.63) is 84.4 Å². The van der Waals surface area contributed by atoms with Crippen LogP contribution in [-0.4, -0.2) is 10.9 Å². The molecule has 21 heavy (non-hydrogen) atoms. The Morgan fingerprint density at radius 2 is 1.71 bits per heavy atom. The summed E-state index contributed by atoms with van der Waals surface area (Å²) < 4.78 is 0. The van der Waals surface area contributed by atoms with E-state index in [1.54, 1.807) is 0 Å². The van der Waals surface area contributed by atoms with E-state index in [-0.39, 0.29) is 0 Å². The van der Waals surface area contributed by atoms with Gasteiger partial charge in [-0.3, -0.25) is 4.90 Å². The Bertz CT molecular complexity index is 575. The quantitative estimate of drug-likeness (QED) is 0.684. The van der Waals surface area contributed by atoms with E-state index in [9.17, 15) is 0 Å². The highest BCUT2D eigenvalue weighted by Crippen LogP contribution is 2.41. The topological polar surface area (TPSA) is 3.24 Å². The molecule has 0 saturated heterocycles. The van der Waals surface area contributed by atoms with Crippen molar-refractivity contribution in [3.63, 3.8) is 0 Å². The van der Waals surface area contributed by atoms with E-state index in [2.05, 4.69) is 85.1 Å². The van der Waals surface area contributed by atoms with Crippen LogP contribution in [0.15, 0.2) is 73.3 Å². The van der Waals surface area contributed by atoms with E-state index in [0.717, 1.165) is 6.54 Å². The molecular formula is C20H23N. The van der Waals surface area contributed by atoms with Crippen LogP contribution in [-0.2, 0) is 6.54 Å². The second kappa shape index (κ2) is 6.28. The monoisotopic (exact) mass is 277 g/mol. The number of hydrogen-bond donors (Lipinski definition) is 0. The van der Waals surface area contributed by atoms with Gasteiger partial charge in [0.15, 0.2) is 0 Å². The molecule has 1 saturated carbocycles. The summed E-state index contributed by atoms with van der Waals surface area (Å²) >= 11 is 0. The predicted molar refractivity (Wildman–Crippen MR) is 88.9 cm³/mol. The normalized spacial score (nSPS) is 22.0. The largest absolute Gasteiger partial charge is 0.289 e. The van der Waals surface area contributed by atoms with Crippen LogP contribution in [0.2, 0.25) is 0 Å². The van der Waals surface area contributed by atoms with Crippen LogP contribution in [0.1, 0.15) is 30.5 Å². The number of benzene rings is 2. The average molecular weight is 277 g/mol. The highest BCUT2D eigenvalue weighted by molar-refractivity contribution is 5.22. The third kappa shape index (κ3) is 3.25. The smallest absolute Gasteiger partial charge is 0.0326 e. The Morgan fingerprint density at radius 3 is 2.29 bits per heavy atom. The van der Waals surface area contributed by atoms with Crippen molar-refractivity contribution in [2.45, 2.75) is 32.0 Å². The second-order valence-electron chi connectivity index (χ2n) is 5.95. The Morgan fingerprint density at radius 1 is 1.10 bits per heavy atom. The molecule has 1 aliphatic carbocycles. The fraction of sp³-hybridized carbons (Fsp3) is 0.300. The fourth-order valence-corrected chi connectivity index (χ4v) is 3.09. The highest BCUT2D eigenvalue weighted by atomic mass is 15.2. The van der Waals surface area contributed by atoms with Crippen LogP contribution in [0.25, 0.3) is 0 Å². The summed E-state index contributed by atoms with van der Waals surface area (Å²) in [6, 6.07) is 22.6. The first-order chi connectivity index (χ1) is 10.3. The second-order valence-corrected chi connectivity index (χ2v) is 5.95. The van der Waals surface area contributed by atoms with E-state index >= 15 is 0 Å². The van der Waals surface area contributed by atoms with Gasteiger partial charge in [0.25, 0.3) is 0 Å². The molecule has 1 fully saturated rings. The molecule has 108 valence electrons. The molecule has 0 bridgehead atoms. The summed E-state index contributed by atoms with van der Waals surface area (Å²) in [5, 5.41) is 0. The molecule has 0 N–H and O–H groups in total. The highest BCUT2D eigenvalue weighted by Gasteiger charge is 2.41. The van der Waals surface area contributed by atoms with Crippen LogP contribution in [0.4, 0.5) is 0 Å². The molecule has 3 atom stereocenters. The van der Waals surface area contributed by atoms with Crippen molar-refractivity contribution >= 4 is 0 Å². The van der Waals surface area contributed by atoms with Gasteiger partial charge in [0.05, 0.1) is 0 Å². The van der Waals surface area contributed by atoms with Gasteiger partial charge in [-0.15, -0.1) is 6.58 Å². The Hall–Kier alpha value is -1.86. The Balaban J connectivity index is 1.81. The first kappa shape index (κ1) is 14.1. The van der Waals surface area contributed by atoms with Crippen molar-refractivity contribution in [1.82, 2.24) is 4.90 Å². The van der Waals surface area contributed by atoms with Gasteiger partial charge in [-0.1, -0.05) is 66.7 Å². The molecule has 0 amide bonds. The standard InChI is InChI=1S/C20H23N/c1-3-18-14-20(18)21(15-17-10-6-4-7-11-17)16(2)19-12-8-5-9-13-19/h3-13,16,18,20H,1,14-15H2,2H3/t16-,18-,20-/m1/s1. The maximum atomic E-state index is 3.97. The van der Waals surface area contributed by atoms with Gasteiger partial charge in [-0.2, -0.15) is 0 Å². The van der Waals surface area contributed by atoms with Crippen LogP contribution < -0.4 is 0 Å². The summed E-state index contributed by atoms with van der Waals surface area (Å²) in [4.78, 5) is 2.62. The van der Waals surface area contributed by atoms with E-state index in [0.29, 0.717) is 18.0 Å². The molecule has 0 spiro atoms. The summed E-state index contributed by atoms with van der Waals surface area (Å²) in [7, 11) is 0. The fourth-order valence-electron chi connectivity index (χ4n) is 3.09. The van der Waals surface area contributed by atoms with E-state index in [4.69, 9.17) is 0 Å². The van der Waals surface area contributed by atoms with Gasteiger partial charge in [-0.25, -0.2) is 0 Å². The lowest BCUT2D eigenvalue weighted by molar-refractivity contribution is 0.185. The van der Waals surface area contributed by atoms with Gasteiger partial charge in [0.1, 0.15) is 0 Å². The summed E-state index contributed by atoms with van der Waals surface area (Å²) in [5.41, 5.74) is 2.78. The first-order valence-corrected chi connectivity index (χ1v) is 7.76. The molecule has 0 aliphatic heterocycles. The van der Waals surface area contributed by atoms with Crippen LogP contribution in [0.5, 0.6) is 0 Å². The number of nitrogens with zero attached hydrogens (tertiary/aromatic N) is 1. The number of hydrogen-bond acceptors (Lipinski definition) is 1. The Labute approximate surface area is 127 Å². The zero-order valence-corrected chi connectivity index (χ0v) is 12.7. The van der Waals surface area contributed by atoms with Crippen molar-refractivity contribution in [2.75, 3.05) is 0 Å². The molecule has 2 aromatic rings. The SMILES string of the molecule is C=C[C@@H]1C[C@H]1N(Cc1ccccc1)[C@H](C)c1ccccc1. The Kier molecular flexibility index (Phi) is 4.21. The zero-order chi connectivity index (χ0) is 14.7. The van der Waals surface area contributed by atoms with Crippen molar-refractivity contribution in [3.8, 4) is 0 Å². The summed E-state index contributed by atoms with van der Waals surface area (Å²) in [6.07, 6.45) is 3.36. The van der Waals surface area contributed by atoms with E-state index < -0.39 is 0 Å². The lowest BCUT2D eigenvalue weighted by Gasteiger charge is -2.30. The maximum absolute atomic E-state index is 3.97. The van der Waals surface area contributed by atoms with Gasteiger partial charge in [-0.05, 0) is 30.4 Å². The predicted octanol–water partition coefficient (Wildman–Crippen LogP) is 4.82. The van der Waals surface area contributed by atoms with Crippen LogP contribution >= 0.6 is 0 Å². The molecule has 2 aromatic carbocycles.